The summed E-state index contributed by atoms with van der Waals surface area (Å²) in [7, 11) is 0. The molecule has 0 aliphatic rings. The summed E-state index contributed by atoms with van der Waals surface area (Å²) in [6.45, 7) is 0. The third kappa shape index (κ3) is 5.74. The van der Waals surface area contributed by atoms with Crippen molar-refractivity contribution < 1.29 is 0 Å². The molecule has 0 N–H and O–H groups in total. The van der Waals surface area contributed by atoms with Crippen LogP contribution in [-0.2, 0) is 0 Å². The summed E-state index contributed by atoms with van der Waals surface area (Å²) < 4.78 is 4.82. The van der Waals surface area contributed by atoms with Gasteiger partial charge in [0.25, 0.3) is 0 Å². The minimum absolute atomic E-state index is 1.10. The lowest BCUT2D eigenvalue weighted by Gasteiger charge is -2.27. The first-order chi connectivity index (χ1) is 30.3. The van der Waals surface area contributed by atoms with Crippen molar-refractivity contribution in [3.63, 3.8) is 0 Å². The summed E-state index contributed by atoms with van der Waals surface area (Å²) in [4.78, 5) is 2.37. The predicted octanol–water partition coefficient (Wildman–Crippen LogP) is 15.8. The molecule has 0 atom stereocenters. The summed E-state index contributed by atoms with van der Waals surface area (Å²) in [6.07, 6.45) is 0. The quantitative estimate of drug-likeness (QED) is 0.157. The zero-order valence-corrected chi connectivity index (χ0v) is 33.4. The molecule has 3 heteroatoms. The second-order valence-electron chi connectivity index (χ2n) is 15.7. The lowest BCUT2D eigenvalue weighted by Crippen LogP contribution is -2.10. The zero-order chi connectivity index (χ0) is 40.3. The van der Waals surface area contributed by atoms with Gasteiger partial charge in [-0.3, -0.25) is 0 Å². The Labute approximate surface area is 354 Å². The van der Waals surface area contributed by atoms with Crippen molar-refractivity contribution in [2.45, 2.75) is 0 Å². The van der Waals surface area contributed by atoms with Crippen molar-refractivity contribution in [3.05, 3.63) is 237 Å². The van der Waals surface area contributed by atoms with E-state index in [9.17, 15) is 0 Å². The molecule has 2 aromatic heterocycles. The minimum Gasteiger partial charge on any atom is -0.310 e. The average Bonchev–Trinajstić information content (AvgIpc) is 3.85. The monoisotopic (exact) mass is 777 g/mol. The first-order valence-electron chi connectivity index (χ1n) is 20.9. The van der Waals surface area contributed by atoms with E-state index in [1.807, 2.05) is 0 Å². The molecule has 61 heavy (non-hydrogen) atoms. The smallest absolute Gasteiger partial charge is 0.0619 e. The van der Waals surface area contributed by atoms with Gasteiger partial charge in [-0.1, -0.05) is 152 Å². The Morgan fingerprint density at radius 3 is 1.46 bits per heavy atom. The van der Waals surface area contributed by atoms with Gasteiger partial charge in [0.2, 0.25) is 0 Å². The minimum atomic E-state index is 1.10. The van der Waals surface area contributed by atoms with Gasteiger partial charge in [-0.2, -0.15) is 0 Å². The number of hydrogen-bond donors (Lipinski definition) is 0. The van der Waals surface area contributed by atoms with Crippen molar-refractivity contribution in [1.29, 1.82) is 0 Å². The van der Waals surface area contributed by atoms with Crippen LogP contribution in [-0.4, -0.2) is 9.13 Å². The third-order valence-electron chi connectivity index (χ3n) is 12.3. The number of aromatic nitrogens is 2. The van der Waals surface area contributed by atoms with Gasteiger partial charge in [0.05, 0.1) is 27.8 Å². The maximum absolute atomic E-state index is 2.44. The fraction of sp³-hybridized carbons (Fsp3) is 0. The van der Waals surface area contributed by atoms with Gasteiger partial charge in [-0.25, -0.2) is 0 Å². The summed E-state index contributed by atoms with van der Waals surface area (Å²) >= 11 is 0. The summed E-state index contributed by atoms with van der Waals surface area (Å²) in [5, 5.41) is 7.42. The Kier molecular flexibility index (Phi) is 8.17. The Bertz CT molecular complexity index is 3500. The lowest BCUT2D eigenvalue weighted by atomic mass is 9.95. The standard InChI is InChI=1S/C58H39N3/c1-3-18-44(19-4-1)59(54-29-15-17-41-16-7-8-22-48(41)54)46-36-32-42(33-37-46)52-38-43(39-53-51-25-11-14-28-57(51)61(58(52)53)45-20-5-2-6-21-45)40-30-34-47(35-31-40)60-55-26-12-9-23-49(55)50-24-10-13-27-56(50)60/h1-39H. The second kappa shape index (κ2) is 14.3. The molecular formula is C58H39N3. The third-order valence-corrected chi connectivity index (χ3v) is 12.3. The molecule has 0 amide bonds. The molecule has 0 aliphatic heterocycles. The zero-order valence-electron chi connectivity index (χ0n) is 33.4. The molecule has 0 saturated heterocycles. The molecule has 0 aliphatic carbocycles. The van der Waals surface area contributed by atoms with E-state index in [4.69, 9.17) is 0 Å². The first kappa shape index (κ1) is 34.9. The van der Waals surface area contributed by atoms with E-state index >= 15 is 0 Å². The van der Waals surface area contributed by atoms with E-state index in [2.05, 4.69) is 251 Å². The number of nitrogens with zero attached hydrogens (tertiary/aromatic N) is 3. The van der Waals surface area contributed by atoms with Crippen LogP contribution in [0.4, 0.5) is 17.1 Å². The van der Waals surface area contributed by atoms with E-state index in [1.54, 1.807) is 0 Å². The molecular weight excluding hydrogens is 739 g/mol. The van der Waals surface area contributed by atoms with Gasteiger partial charge < -0.3 is 14.0 Å². The Morgan fingerprint density at radius 1 is 0.295 bits per heavy atom. The summed E-state index contributed by atoms with van der Waals surface area (Å²) in [5.41, 5.74) is 15.1. The Morgan fingerprint density at radius 2 is 0.787 bits per heavy atom. The summed E-state index contributed by atoms with van der Waals surface area (Å²) in [5.74, 6) is 0. The van der Waals surface area contributed by atoms with Crippen LogP contribution in [0.25, 0.3) is 88.0 Å². The molecule has 2 heterocycles. The Hall–Kier alpha value is -8.14. The number of hydrogen-bond acceptors (Lipinski definition) is 1. The van der Waals surface area contributed by atoms with Gasteiger partial charge >= 0.3 is 0 Å². The van der Waals surface area contributed by atoms with E-state index in [0.717, 1.165) is 34.0 Å². The molecule has 12 rings (SSSR count). The predicted molar refractivity (Wildman–Crippen MR) is 258 cm³/mol. The Balaban J connectivity index is 1.05. The SMILES string of the molecule is c1ccc(N(c2ccc(-c3cc(-c4ccc(-n5c6ccccc6c6ccccc65)cc4)cc4c5ccccc5n(-c5ccccc5)c34)cc2)c2cccc3ccccc23)cc1. The fourth-order valence-electron chi connectivity index (χ4n) is 9.53. The van der Waals surface area contributed by atoms with Crippen LogP contribution >= 0.6 is 0 Å². The molecule has 0 fully saturated rings. The van der Waals surface area contributed by atoms with Crippen LogP contribution in [0.15, 0.2) is 237 Å². The molecule has 0 saturated carbocycles. The van der Waals surface area contributed by atoms with Crippen molar-refractivity contribution in [3.8, 4) is 33.6 Å². The topological polar surface area (TPSA) is 13.1 Å². The first-order valence-corrected chi connectivity index (χ1v) is 20.9. The molecule has 12 aromatic rings. The molecule has 0 radical (unpaired) electrons. The van der Waals surface area contributed by atoms with Crippen molar-refractivity contribution in [2.75, 3.05) is 4.90 Å². The van der Waals surface area contributed by atoms with Crippen LogP contribution < -0.4 is 4.90 Å². The number of benzene rings is 10. The average molecular weight is 778 g/mol. The number of para-hydroxylation sites is 5. The second-order valence-corrected chi connectivity index (χ2v) is 15.7. The number of fused-ring (bicyclic) bond motifs is 7. The van der Waals surface area contributed by atoms with E-state index in [1.165, 1.54) is 71.1 Å². The van der Waals surface area contributed by atoms with Crippen LogP contribution in [0, 0.1) is 0 Å². The van der Waals surface area contributed by atoms with Crippen molar-refractivity contribution >= 4 is 71.4 Å². The number of rotatable bonds is 7. The molecule has 0 bridgehead atoms. The van der Waals surface area contributed by atoms with Crippen LogP contribution in [0.2, 0.25) is 0 Å². The molecule has 286 valence electrons. The maximum atomic E-state index is 2.44. The lowest BCUT2D eigenvalue weighted by molar-refractivity contribution is 1.18. The normalized spacial score (nSPS) is 11.6. The van der Waals surface area contributed by atoms with E-state index in [-0.39, 0.29) is 0 Å². The van der Waals surface area contributed by atoms with Crippen LogP contribution in [0.3, 0.4) is 0 Å². The molecule has 3 nitrogen and oxygen atoms in total. The largest absolute Gasteiger partial charge is 0.310 e. The highest BCUT2D eigenvalue weighted by Gasteiger charge is 2.20. The van der Waals surface area contributed by atoms with Crippen LogP contribution in [0.1, 0.15) is 0 Å². The highest BCUT2D eigenvalue weighted by molar-refractivity contribution is 6.15. The molecule has 0 unspecified atom stereocenters. The summed E-state index contributed by atoms with van der Waals surface area (Å²) in [6, 6.07) is 85.9. The van der Waals surface area contributed by atoms with Gasteiger partial charge in [0.1, 0.15) is 0 Å². The van der Waals surface area contributed by atoms with Gasteiger partial charge in [0.15, 0.2) is 0 Å². The van der Waals surface area contributed by atoms with E-state index in [0.29, 0.717) is 0 Å². The fourth-order valence-corrected chi connectivity index (χ4v) is 9.53. The molecule has 0 spiro atoms. The van der Waals surface area contributed by atoms with Crippen molar-refractivity contribution in [1.82, 2.24) is 9.13 Å². The molecule has 10 aromatic carbocycles. The van der Waals surface area contributed by atoms with Gasteiger partial charge in [-0.05, 0) is 107 Å². The highest BCUT2D eigenvalue weighted by atomic mass is 15.1. The maximum Gasteiger partial charge on any atom is 0.0619 e. The van der Waals surface area contributed by atoms with Gasteiger partial charge in [-0.15, -0.1) is 0 Å². The van der Waals surface area contributed by atoms with Crippen LogP contribution in [0.5, 0.6) is 0 Å². The van der Waals surface area contributed by atoms with Crippen molar-refractivity contribution in [2.24, 2.45) is 0 Å². The number of anilines is 3. The highest BCUT2D eigenvalue weighted by Crippen LogP contribution is 2.44. The van der Waals surface area contributed by atoms with E-state index < -0.39 is 0 Å². The van der Waals surface area contributed by atoms with Gasteiger partial charge in [0, 0.05) is 55.2 Å².